The second kappa shape index (κ2) is 4.63. The molecule has 5 heteroatoms. The molecule has 1 atom stereocenters. The van der Waals surface area contributed by atoms with Gasteiger partial charge in [0.15, 0.2) is 17.3 Å². The third-order valence-electron chi connectivity index (χ3n) is 3.46. The molecule has 3 aromatic rings. The summed E-state index contributed by atoms with van der Waals surface area (Å²) in [4.78, 5) is 0.689. The Balaban J connectivity index is 2.03. The van der Waals surface area contributed by atoms with Crippen LogP contribution in [0.2, 0.25) is 0 Å². The van der Waals surface area contributed by atoms with Crippen molar-refractivity contribution in [3.8, 4) is 22.8 Å². The van der Waals surface area contributed by atoms with Crippen LogP contribution < -0.4 is 9.47 Å². The molecule has 1 aromatic heterocycles. The van der Waals surface area contributed by atoms with E-state index in [1.165, 1.54) is 0 Å². The summed E-state index contributed by atoms with van der Waals surface area (Å²) >= 11 is 0. The number of furan rings is 1. The van der Waals surface area contributed by atoms with Gasteiger partial charge in [0, 0.05) is 23.3 Å². The number of rotatable bonds is 2. The fourth-order valence-electron chi connectivity index (χ4n) is 2.53. The van der Waals surface area contributed by atoms with E-state index < -0.39 is 10.8 Å². The molecular formula is C16H12O4S. The van der Waals surface area contributed by atoms with Gasteiger partial charge in [0.2, 0.25) is 6.79 Å². The highest BCUT2D eigenvalue weighted by atomic mass is 32.2. The molecule has 0 N–H and O–H groups in total. The van der Waals surface area contributed by atoms with E-state index in [4.69, 9.17) is 13.9 Å². The van der Waals surface area contributed by atoms with Gasteiger partial charge in [-0.3, -0.25) is 4.21 Å². The Bertz CT molecular complexity index is 852. The van der Waals surface area contributed by atoms with Crippen molar-refractivity contribution in [1.29, 1.82) is 0 Å². The van der Waals surface area contributed by atoms with Crippen LogP contribution in [0.3, 0.4) is 0 Å². The van der Waals surface area contributed by atoms with E-state index in [1.54, 1.807) is 12.3 Å². The fourth-order valence-corrected chi connectivity index (χ4v) is 3.42. The van der Waals surface area contributed by atoms with E-state index in [9.17, 15) is 4.21 Å². The molecule has 0 bridgehead atoms. The van der Waals surface area contributed by atoms with Crippen molar-refractivity contribution in [2.24, 2.45) is 0 Å². The topological polar surface area (TPSA) is 48.7 Å². The van der Waals surface area contributed by atoms with Gasteiger partial charge in [-0.05, 0) is 6.07 Å². The molecule has 0 saturated heterocycles. The summed E-state index contributed by atoms with van der Waals surface area (Å²) in [6, 6.07) is 13.3. The average Bonchev–Trinajstić information content (AvgIpc) is 3.08. The van der Waals surface area contributed by atoms with Crippen LogP contribution in [-0.2, 0) is 10.8 Å². The first-order chi connectivity index (χ1) is 10.2. The van der Waals surface area contributed by atoms with Crippen molar-refractivity contribution in [1.82, 2.24) is 0 Å². The zero-order chi connectivity index (χ0) is 14.4. The second-order valence-electron chi connectivity index (χ2n) is 4.78. The van der Waals surface area contributed by atoms with Gasteiger partial charge in [-0.15, -0.1) is 0 Å². The Morgan fingerprint density at radius 3 is 2.48 bits per heavy atom. The van der Waals surface area contributed by atoms with Crippen molar-refractivity contribution in [2.45, 2.75) is 4.90 Å². The molecule has 0 aliphatic carbocycles. The monoisotopic (exact) mass is 300 g/mol. The Morgan fingerprint density at radius 2 is 1.76 bits per heavy atom. The van der Waals surface area contributed by atoms with Crippen molar-refractivity contribution in [2.75, 3.05) is 13.0 Å². The van der Waals surface area contributed by atoms with Gasteiger partial charge in [-0.2, -0.15) is 0 Å². The minimum atomic E-state index is -1.17. The SMILES string of the molecule is CS(=O)c1c(-c2ccccc2)oc2cc3c(cc12)OCO3. The molecule has 4 nitrogen and oxygen atoms in total. The standard InChI is InChI=1S/C16H12O4S/c1-21(17)16-11-7-13-14(19-9-18-13)8-12(11)20-15(16)10-5-3-2-4-6-10/h2-8H,9H2,1H3. The van der Waals surface area contributed by atoms with Crippen molar-refractivity contribution < 1.29 is 18.1 Å². The predicted molar refractivity (Wildman–Crippen MR) is 80.1 cm³/mol. The number of hydrogen-bond acceptors (Lipinski definition) is 4. The molecular weight excluding hydrogens is 288 g/mol. The maximum absolute atomic E-state index is 12.2. The highest BCUT2D eigenvalue weighted by Gasteiger charge is 2.23. The molecule has 0 spiro atoms. The molecule has 1 aliphatic rings. The van der Waals surface area contributed by atoms with Gasteiger partial charge < -0.3 is 13.9 Å². The van der Waals surface area contributed by atoms with Crippen LogP contribution in [-0.4, -0.2) is 17.3 Å². The fraction of sp³-hybridized carbons (Fsp3) is 0.125. The van der Waals surface area contributed by atoms with Gasteiger partial charge >= 0.3 is 0 Å². The predicted octanol–water partition coefficient (Wildman–Crippen LogP) is 3.57. The molecule has 2 aromatic carbocycles. The van der Waals surface area contributed by atoms with Gasteiger partial charge in [0.25, 0.3) is 0 Å². The van der Waals surface area contributed by atoms with Crippen LogP contribution in [0.4, 0.5) is 0 Å². The minimum Gasteiger partial charge on any atom is -0.455 e. The largest absolute Gasteiger partial charge is 0.455 e. The molecule has 0 radical (unpaired) electrons. The number of benzene rings is 2. The first kappa shape index (κ1) is 12.5. The van der Waals surface area contributed by atoms with Gasteiger partial charge in [0.1, 0.15) is 5.58 Å². The molecule has 106 valence electrons. The van der Waals surface area contributed by atoms with Gasteiger partial charge in [-0.25, -0.2) is 0 Å². The Kier molecular flexibility index (Phi) is 2.75. The van der Waals surface area contributed by atoms with E-state index in [-0.39, 0.29) is 6.79 Å². The molecule has 21 heavy (non-hydrogen) atoms. The zero-order valence-corrected chi connectivity index (χ0v) is 12.1. The maximum Gasteiger partial charge on any atom is 0.231 e. The molecule has 0 amide bonds. The van der Waals surface area contributed by atoms with Crippen LogP contribution in [0.5, 0.6) is 11.5 Å². The molecule has 4 rings (SSSR count). The van der Waals surface area contributed by atoms with Crippen LogP contribution in [0.1, 0.15) is 0 Å². The highest BCUT2D eigenvalue weighted by Crippen LogP contribution is 2.42. The van der Waals surface area contributed by atoms with E-state index in [0.717, 1.165) is 10.9 Å². The van der Waals surface area contributed by atoms with Crippen molar-refractivity contribution >= 4 is 21.8 Å². The third-order valence-corrected chi connectivity index (χ3v) is 4.44. The van der Waals surface area contributed by atoms with Crippen LogP contribution in [0.15, 0.2) is 51.8 Å². The van der Waals surface area contributed by atoms with Crippen LogP contribution in [0.25, 0.3) is 22.3 Å². The van der Waals surface area contributed by atoms with Crippen molar-refractivity contribution in [3.05, 3.63) is 42.5 Å². The summed E-state index contributed by atoms with van der Waals surface area (Å²) in [7, 11) is -1.17. The number of hydrogen-bond donors (Lipinski definition) is 0. The van der Waals surface area contributed by atoms with E-state index in [1.807, 2.05) is 36.4 Å². The lowest BCUT2D eigenvalue weighted by Crippen LogP contribution is -1.93. The summed E-state index contributed by atoms with van der Waals surface area (Å²) in [5.74, 6) is 1.95. The summed E-state index contributed by atoms with van der Waals surface area (Å²) < 4.78 is 28.9. The smallest absolute Gasteiger partial charge is 0.231 e. The van der Waals surface area contributed by atoms with E-state index in [0.29, 0.717) is 27.7 Å². The summed E-state index contributed by atoms with van der Waals surface area (Å²) in [6.45, 7) is 0.206. The second-order valence-corrected chi connectivity index (χ2v) is 6.10. The first-order valence-electron chi connectivity index (χ1n) is 6.49. The molecule has 1 unspecified atom stereocenters. The number of fused-ring (bicyclic) bond motifs is 2. The molecule has 2 heterocycles. The first-order valence-corrected chi connectivity index (χ1v) is 8.05. The summed E-state index contributed by atoms with van der Waals surface area (Å²) in [5, 5.41) is 0.805. The highest BCUT2D eigenvalue weighted by molar-refractivity contribution is 7.84. The Labute approximate surface area is 123 Å². The lowest BCUT2D eigenvalue weighted by atomic mass is 10.1. The average molecular weight is 300 g/mol. The minimum absolute atomic E-state index is 0.206. The lowest BCUT2D eigenvalue weighted by Gasteiger charge is -2.00. The third kappa shape index (κ3) is 1.93. The van der Waals surface area contributed by atoms with Gasteiger partial charge in [0.05, 0.1) is 15.7 Å². The Morgan fingerprint density at radius 1 is 1.05 bits per heavy atom. The Hall–Kier alpha value is -2.27. The van der Waals surface area contributed by atoms with E-state index in [2.05, 4.69) is 0 Å². The molecule has 0 fully saturated rings. The molecule has 0 saturated carbocycles. The van der Waals surface area contributed by atoms with Gasteiger partial charge in [-0.1, -0.05) is 30.3 Å². The summed E-state index contributed by atoms with van der Waals surface area (Å²) in [5.41, 5.74) is 1.56. The van der Waals surface area contributed by atoms with E-state index >= 15 is 0 Å². The summed E-state index contributed by atoms with van der Waals surface area (Å²) in [6.07, 6.45) is 1.65. The van der Waals surface area contributed by atoms with Crippen LogP contribution >= 0.6 is 0 Å². The lowest BCUT2D eigenvalue weighted by molar-refractivity contribution is 0.174. The quantitative estimate of drug-likeness (QED) is 0.726. The number of ether oxygens (including phenoxy) is 2. The van der Waals surface area contributed by atoms with Crippen LogP contribution in [0, 0.1) is 0 Å². The molecule has 1 aliphatic heterocycles. The normalized spacial score (nSPS) is 14.5. The zero-order valence-electron chi connectivity index (χ0n) is 11.3. The maximum atomic E-state index is 12.2. The van der Waals surface area contributed by atoms with Crippen molar-refractivity contribution in [3.63, 3.8) is 0 Å².